The lowest BCUT2D eigenvalue weighted by atomic mass is 10.2. The molecule has 0 bridgehead atoms. The van der Waals surface area contributed by atoms with Gasteiger partial charge in [-0.15, -0.1) is 0 Å². The summed E-state index contributed by atoms with van der Waals surface area (Å²) in [6, 6.07) is 0. The average Bonchev–Trinajstić information content (AvgIpc) is 2.27. The van der Waals surface area contributed by atoms with Crippen LogP contribution in [0.1, 0.15) is 33.6 Å². The lowest BCUT2D eigenvalue weighted by Crippen LogP contribution is -2.53. The van der Waals surface area contributed by atoms with E-state index in [0.29, 0.717) is 19.6 Å². The molecule has 0 atom stereocenters. The zero-order valence-electron chi connectivity index (χ0n) is 11.0. The molecule has 0 radical (unpaired) electrons. The maximum absolute atomic E-state index is 11.5. The van der Waals surface area contributed by atoms with Gasteiger partial charge in [-0.2, -0.15) is 0 Å². The van der Waals surface area contributed by atoms with E-state index >= 15 is 0 Å². The van der Waals surface area contributed by atoms with Crippen LogP contribution in [0.15, 0.2) is 12.7 Å². The van der Waals surface area contributed by atoms with Gasteiger partial charge in [-0.25, -0.2) is 4.79 Å². The van der Waals surface area contributed by atoms with Gasteiger partial charge in [0, 0.05) is 19.6 Å². The van der Waals surface area contributed by atoms with Crippen LogP contribution in [-0.4, -0.2) is 31.8 Å². The van der Waals surface area contributed by atoms with Crippen LogP contribution in [0.5, 0.6) is 0 Å². The summed E-state index contributed by atoms with van der Waals surface area (Å²) in [5.74, 6) is -1.09. The number of amides is 1. The van der Waals surface area contributed by atoms with Crippen LogP contribution >= 0.6 is 0 Å². The summed E-state index contributed by atoms with van der Waals surface area (Å²) in [4.78, 5) is 11.5. The molecule has 0 aromatic heterocycles. The Labute approximate surface area is 103 Å². The quantitative estimate of drug-likeness (QED) is 0.500. The minimum absolute atomic E-state index is 0.159. The van der Waals surface area contributed by atoms with E-state index in [2.05, 4.69) is 11.9 Å². The summed E-state index contributed by atoms with van der Waals surface area (Å²) in [7, 11) is 0. The van der Waals surface area contributed by atoms with Crippen LogP contribution < -0.4 is 5.32 Å². The number of rotatable bonds is 9. The molecule has 0 heterocycles. The van der Waals surface area contributed by atoms with Crippen LogP contribution in [-0.2, 0) is 14.2 Å². The highest BCUT2D eigenvalue weighted by Crippen LogP contribution is 2.17. The Morgan fingerprint density at radius 1 is 1.29 bits per heavy atom. The molecule has 17 heavy (non-hydrogen) atoms. The largest absolute Gasteiger partial charge is 0.445 e. The second-order valence-corrected chi connectivity index (χ2v) is 3.38. The minimum Gasteiger partial charge on any atom is -0.445 e. The van der Waals surface area contributed by atoms with Crippen molar-refractivity contribution in [1.82, 2.24) is 5.32 Å². The third kappa shape index (κ3) is 6.28. The number of alkyl carbamates (subject to hydrolysis) is 1. The SMILES string of the molecule is C=CCOC(=O)NC(CCC)(OCC)OCC. The Balaban J connectivity index is 4.51. The maximum atomic E-state index is 11.5. The molecule has 0 saturated heterocycles. The highest BCUT2D eigenvalue weighted by Gasteiger charge is 2.33. The third-order valence-electron chi connectivity index (χ3n) is 1.96. The average molecular weight is 245 g/mol. The monoisotopic (exact) mass is 245 g/mol. The van der Waals surface area contributed by atoms with Crippen LogP contribution in [0.3, 0.4) is 0 Å². The lowest BCUT2D eigenvalue weighted by molar-refractivity contribution is -0.250. The molecule has 0 spiro atoms. The molecule has 0 aromatic carbocycles. The molecule has 0 unspecified atom stereocenters. The first-order valence-electron chi connectivity index (χ1n) is 5.97. The molecule has 100 valence electrons. The van der Waals surface area contributed by atoms with Crippen molar-refractivity contribution in [1.29, 1.82) is 0 Å². The number of nitrogens with one attached hydrogen (secondary N) is 1. The molecule has 0 aromatic rings. The molecule has 5 heteroatoms. The van der Waals surface area contributed by atoms with Crippen LogP contribution in [0.25, 0.3) is 0 Å². The van der Waals surface area contributed by atoms with Gasteiger partial charge < -0.3 is 14.2 Å². The van der Waals surface area contributed by atoms with E-state index in [-0.39, 0.29) is 6.61 Å². The van der Waals surface area contributed by atoms with Crippen LogP contribution in [0.2, 0.25) is 0 Å². The Morgan fingerprint density at radius 2 is 1.88 bits per heavy atom. The second kappa shape index (κ2) is 9.01. The number of ether oxygens (including phenoxy) is 3. The molecule has 1 N–H and O–H groups in total. The number of hydrogen-bond acceptors (Lipinski definition) is 4. The Morgan fingerprint density at radius 3 is 2.29 bits per heavy atom. The van der Waals surface area contributed by atoms with E-state index in [0.717, 1.165) is 6.42 Å². The van der Waals surface area contributed by atoms with Crippen molar-refractivity contribution in [2.24, 2.45) is 0 Å². The smallest absolute Gasteiger partial charge is 0.411 e. The summed E-state index contributed by atoms with van der Waals surface area (Å²) >= 11 is 0. The summed E-state index contributed by atoms with van der Waals surface area (Å²) < 4.78 is 15.9. The normalized spacial score (nSPS) is 11.0. The van der Waals surface area contributed by atoms with E-state index in [1.54, 1.807) is 0 Å². The lowest BCUT2D eigenvalue weighted by Gasteiger charge is -2.32. The standard InChI is InChI=1S/C12H23NO4/c1-5-9-12(16-7-3,17-8-4)13-11(14)15-10-6-2/h6H,2,5,7-10H2,1,3-4H3,(H,13,14). The third-order valence-corrected chi connectivity index (χ3v) is 1.96. The topological polar surface area (TPSA) is 56.8 Å². The fourth-order valence-electron chi connectivity index (χ4n) is 1.44. The zero-order valence-corrected chi connectivity index (χ0v) is 11.0. The maximum Gasteiger partial charge on any atom is 0.411 e. The van der Waals surface area contributed by atoms with Gasteiger partial charge in [0.1, 0.15) is 6.61 Å². The Kier molecular flexibility index (Phi) is 8.44. The van der Waals surface area contributed by atoms with E-state index in [4.69, 9.17) is 14.2 Å². The molecule has 0 saturated carbocycles. The molecule has 0 aliphatic heterocycles. The zero-order chi connectivity index (χ0) is 13.1. The van der Waals surface area contributed by atoms with Gasteiger partial charge in [0.2, 0.25) is 0 Å². The predicted molar refractivity (Wildman–Crippen MR) is 65.6 cm³/mol. The van der Waals surface area contributed by atoms with Crippen LogP contribution in [0.4, 0.5) is 4.79 Å². The van der Waals surface area contributed by atoms with Gasteiger partial charge in [-0.05, 0) is 20.3 Å². The Bertz CT molecular complexity index is 214. The van der Waals surface area contributed by atoms with Crippen LogP contribution in [0, 0.1) is 0 Å². The van der Waals surface area contributed by atoms with Gasteiger partial charge in [-0.1, -0.05) is 19.6 Å². The van der Waals surface area contributed by atoms with Gasteiger partial charge in [0.15, 0.2) is 0 Å². The highest BCUT2D eigenvalue weighted by molar-refractivity contribution is 5.67. The molecule has 0 fully saturated rings. The van der Waals surface area contributed by atoms with E-state index in [1.807, 2.05) is 20.8 Å². The van der Waals surface area contributed by atoms with Gasteiger partial charge in [0.25, 0.3) is 5.91 Å². The first-order valence-corrected chi connectivity index (χ1v) is 5.97. The van der Waals surface area contributed by atoms with Crippen molar-refractivity contribution in [3.05, 3.63) is 12.7 Å². The Hall–Kier alpha value is -1.07. The predicted octanol–water partition coefficient (Wildman–Crippen LogP) is 2.43. The molecular weight excluding hydrogens is 222 g/mol. The van der Waals surface area contributed by atoms with Crippen molar-refractivity contribution in [3.63, 3.8) is 0 Å². The number of carbonyl (C=O) groups is 1. The van der Waals surface area contributed by atoms with Crippen molar-refractivity contribution < 1.29 is 19.0 Å². The van der Waals surface area contributed by atoms with Crippen molar-refractivity contribution in [2.75, 3.05) is 19.8 Å². The molecule has 5 nitrogen and oxygen atoms in total. The van der Waals surface area contributed by atoms with Gasteiger partial charge >= 0.3 is 6.09 Å². The molecule has 1 amide bonds. The molecule has 0 rings (SSSR count). The van der Waals surface area contributed by atoms with Crippen molar-refractivity contribution in [2.45, 2.75) is 39.5 Å². The van der Waals surface area contributed by atoms with E-state index in [9.17, 15) is 4.79 Å². The van der Waals surface area contributed by atoms with Crippen molar-refractivity contribution in [3.8, 4) is 0 Å². The molecule has 0 aliphatic rings. The fraction of sp³-hybridized carbons (Fsp3) is 0.750. The van der Waals surface area contributed by atoms with E-state index in [1.165, 1.54) is 6.08 Å². The first kappa shape index (κ1) is 15.9. The first-order chi connectivity index (χ1) is 8.14. The summed E-state index contributed by atoms with van der Waals surface area (Å²) in [5.41, 5.74) is 0. The van der Waals surface area contributed by atoms with E-state index < -0.39 is 12.0 Å². The van der Waals surface area contributed by atoms with Gasteiger partial charge in [-0.3, -0.25) is 5.32 Å². The fourth-order valence-corrected chi connectivity index (χ4v) is 1.44. The van der Waals surface area contributed by atoms with Crippen molar-refractivity contribution >= 4 is 6.09 Å². The number of carbonyl (C=O) groups excluding carboxylic acids is 1. The van der Waals surface area contributed by atoms with Gasteiger partial charge in [0.05, 0.1) is 0 Å². The number of hydrogen-bond donors (Lipinski definition) is 1. The minimum atomic E-state index is -1.09. The molecule has 0 aliphatic carbocycles. The summed E-state index contributed by atoms with van der Waals surface area (Å²) in [5, 5.41) is 2.61. The summed E-state index contributed by atoms with van der Waals surface area (Å²) in [6.07, 6.45) is 2.32. The second-order valence-electron chi connectivity index (χ2n) is 3.38. The highest BCUT2D eigenvalue weighted by atomic mass is 16.7. The molecular formula is C12H23NO4. The summed E-state index contributed by atoms with van der Waals surface area (Å²) in [6.45, 7) is 10.2.